The highest BCUT2D eigenvalue weighted by Gasteiger charge is 2.17. The van der Waals surface area contributed by atoms with Gasteiger partial charge < -0.3 is 10.1 Å². The van der Waals surface area contributed by atoms with Crippen LogP contribution in [0.3, 0.4) is 0 Å². The van der Waals surface area contributed by atoms with Crippen molar-refractivity contribution in [1.82, 2.24) is 10.3 Å². The molecule has 1 amide bonds. The molecule has 21 heavy (non-hydrogen) atoms. The van der Waals surface area contributed by atoms with Crippen LogP contribution in [0.15, 0.2) is 17.5 Å². The minimum atomic E-state index is -0.503. The van der Waals surface area contributed by atoms with Crippen molar-refractivity contribution in [3.05, 3.63) is 38.0 Å². The molecule has 1 N–H and O–H groups in total. The van der Waals surface area contributed by atoms with Gasteiger partial charge in [0.2, 0.25) is 0 Å². The van der Waals surface area contributed by atoms with E-state index in [-0.39, 0.29) is 18.6 Å². The van der Waals surface area contributed by atoms with E-state index in [4.69, 9.17) is 4.74 Å². The molecule has 0 aliphatic rings. The van der Waals surface area contributed by atoms with E-state index in [0.29, 0.717) is 10.6 Å². The maximum absolute atomic E-state index is 11.9. The number of nitrogens with zero attached hydrogens (tertiary/aromatic N) is 1. The summed E-state index contributed by atoms with van der Waals surface area (Å²) in [6.07, 6.45) is 0. The number of thiophene rings is 1. The molecule has 0 saturated heterocycles. The van der Waals surface area contributed by atoms with Gasteiger partial charge in [0, 0.05) is 4.88 Å². The second-order valence-electron chi connectivity index (χ2n) is 4.53. The molecule has 0 aromatic carbocycles. The molecule has 1 atom stereocenters. The zero-order chi connectivity index (χ0) is 15.4. The molecule has 0 spiro atoms. The number of thiazole rings is 1. The van der Waals surface area contributed by atoms with Gasteiger partial charge in [-0.1, -0.05) is 6.07 Å². The van der Waals surface area contributed by atoms with Crippen LogP contribution in [-0.2, 0) is 9.53 Å². The number of nitrogens with one attached hydrogen (secondary N) is 1. The number of hydrogen-bond donors (Lipinski definition) is 1. The molecule has 0 aliphatic heterocycles. The van der Waals surface area contributed by atoms with Crippen LogP contribution < -0.4 is 5.32 Å². The Morgan fingerprint density at radius 2 is 2.19 bits per heavy atom. The number of rotatable bonds is 5. The third kappa shape index (κ3) is 4.12. The van der Waals surface area contributed by atoms with Crippen LogP contribution >= 0.6 is 22.7 Å². The largest absolute Gasteiger partial charge is 0.451 e. The van der Waals surface area contributed by atoms with Crippen molar-refractivity contribution in [1.29, 1.82) is 0 Å². The Bertz CT molecular complexity index is 635. The van der Waals surface area contributed by atoms with Crippen LogP contribution in [0, 0.1) is 13.8 Å². The van der Waals surface area contributed by atoms with Crippen LogP contribution in [0.1, 0.15) is 38.2 Å². The molecule has 2 rings (SSSR count). The molecule has 2 heterocycles. The first kappa shape index (κ1) is 15.7. The monoisotopic (exact) mass is 324 g/mol. The summed E-state index contributed by atoms with van der Waals surface area (Å²) >= 11 is 2.84. The van der Waals surface area contributed by atoms with E-state index in [1.165, 1.54) is 11.3 Å². The van der Waals surface area contributed by atoms with E-state index in [2.05, 4.69) is 10.3 Å². The van der Waals surface area contributed by atoms with Crippen molar-refractivity contribution in [3.8, 4) is 0 Å². The number of carbonyl (C=O) groups is 2. The lowest BCUT2D eigenvalue weighted by molar-refractivity contribution is -0.124. The third-order valence-electron chi connectivity index (χ3n) is 2.77. The van der Waals surface area contributed by atoms with Crippen molar-refractivity contribution in [2.24, 2.45) is 0 Å². The van der Waals surface area contributed by atoms with Crippen molar-refractivity contribution in [2.45, 2.75) is 26.8 Å². The Balaban J connectivity index is 1.84. The van der Waals surface area contributed by atoms with E-state index in [0.717, 1.165) is 9.88 Å². The summed E-state index contributed by atoms with van der Waals surface area (Å²) in [6.45, 7) is 5.18. The minimum absolute atomic E-state index is 0.0939. The van der Waals surface area contributed by atoms with Gasteiger partial charge in [0.25, 0.3) is 5.91 Å². The molecule has 2 aromatic rings. The third-order valence-corrected chi connectivity index (χ3v) is 4.88. The summed E-state index contributed by atoms with van der Waals surface area (Å²) in [6, 6.07) is 3.78. The van der Waals surface area contributed by atoms with Gasteiger partial charge in [0.1, 0.15) is 4.88 Å². The summed E-state index contributed by atoms with van der Waals surface area (Å²) in [4.78, 5) is 29.3. The molecule has 0 aliphatic carbocycles. The van der Waals surface area contributed by atoms with Gasteiger partial charge in [-0.05, 0) is 32.2 Å². The maximum atomic E-state index is 11.9. The first-order chi connectivity index (χ1) is 9.97. The Kier molecular flexibility index (Phi) is 5.08. The number of ether oxygens (including phenoxy) is 1. The topological polar surface area (TPSA) is 68.3 Å². The Morgan fingerprint density at radius 1 is 1.43 bits per heavy atom. The second kappa shape index (κ2) is 6.82. The highest BCUT2D eigenvalue weighted by atomic mass is 32.1. The lowest BCUT2D eigenvalue weighted by atomic mass is 10.3. The molecule has 0 saturated carbocycles. The standard InChI is InChI=1S/C14H16N2O3S2/c1-8(11-5-4-6-20-11)16-12(17)7-19-14(18)13-9(2)15-10(3)21-13/h4-6,8H,7H2,1-3H3,(H,16,17). The molecule has 7 heteroatoms. The van der Waals surface area contributed by atoms with Crippen LogP contribution in [0.25, 0.3) is 0 Å². The lowest BCUT2D eigenvalue weighted by Gasteiger charge is -2.12. The zero-order valence-electron chi connectivity index (χ0n) is 12.0. The van der Waals surface area contributed by atoms with Gasteiger partial charge in [-0.2, -0.15) is 0 Å². The van der Waals surface area contributed by atoms with Crippen LogP contribution in [-0.4, -0.2) is 23.5 Å². The number of carbonyl (C=O) groups excluding carboxylic acids is 2. The van der Waals surface area contributed by atoms with Gasteiger partial charge >= 0.3 is 5.97 Å². The van der Waals surface area contributed by atoms with Crippen molar-refractivity contribution in [3.63, 3.8) is 0 Å². The average molecular weight is 324 g/mol. The normalized spacial score (nSPS) is 12.0. The summed E-state index contributed by atoms with van der Waals surface area (Å²) in [5.41, 5.74) is 0.634. The summed E-state index contributed by atoms with van der Waals surface area (Å²) < 4.78 is 5.03. The van der Waals surface area contributed by atoms with Gasteiger partial charge in [0.15, 0.2) is 6.61 Å². The fourth-order valence-electron chi connectivity index (χ4n) is 1.81. The molecule has 2 aromatic heterocycles. The zero-order valence-corrected chi connectivity index (χ0v) is 13.6. The van der Waals surface area contributed by atoms with Crippen molar-refractivity contribution < 1.29 is 14.3 Å². The lowest BCUT2D eigenvalue weighted by Crippen LogP contribution is -2.30. The van der Waals surface area contributed by atoms with Gasteiger partial charge in [0.05, 0.1) is 16.7 Å². The van der Waals surface area contributed by atoms with Crippen LogP contribution in [0.2, 0.25) is 0 Å². The highest BCUT2D eigenvalue weighted by Crippen LogP contribution is 2.19. The minimum Gasteiger partial charge on any atom is -0.451 e. The second-order valence-corrected chi connectivity index (χ2v) is 6.71. The molecule has 112 valence electrons. The van der Waals surface area contributed by atoms with Crippen molar-refractivity contribution in [2.75, 3.05) is 6.61 Å². The van der Waals surface area contributed by atoms with Crippen molar-refractivity contribution >= 4 is 34.6 Å². The van der Waals surface area contributed by atoms with Gasteiger partial charge in [-0.25, -0.2) is 9.78 Å². The van der Waals surface area contributed by atoms with E-state index in [9.17, 15) is 9.59 Å². The molecular formula is C14H16N2O3S2. The molecule has 0 radical (unpaired) electrons. The van der Waals surface area contributed by atoms with E-state index in [1.807, 2.05) is 31.4 Å². The van der Waals surface area contributed by atoms with Crippen LogP contribution in [0.4, 0.5) is 0 Å². The first-order valence-electron chi connectivity index (χ1n) is 6.41. The number of aryl methyl sites for hydroxylation is 2. The van der Waals surface area contributed by atoms with E-state index in [1.54, 1.807) is 18.3 Å². The quantitative estimate of drug-likeness (QED) is 0.859. The Hall–Kier alpha value is -1.73. The fourth-order valence-corrected chi connectivity index (χ4v) is 3.36. The Labute approximate surface area is 131 Å². The smallest absolute Gasteiger partial charge is 0.350 e. The molecule has 0 fully saturated rings. The Morgan fingerprint density at radius 3 is 2.76 bits per heavy atom. The first-order valence-corrected chi connectivity index (χ1v) is 8.11. The molecule has 1 unspecified atom stereocenters. The maximum Gasteiger partial charge on any atom is 0.350 e. The number of amides is 1. The molecule has 0 bridgehead atoms. The molecule has 5 nitrogen and oxygen atoms in total. The van der Waals surface area contributed by atoms with Gasteiger partial charge in [-0.3, -0.25) is 4.79 Å². The van der Waals surface area contributed by atoms with Gasteiger partial charge in [-0.15, -0.1) is 22.7 Å². The number of esters is 1. The SMILES string of the molecule is Cc1nc(C)c(C(=O)OCC(=O)NC(C)c2cccs2)s1. The highest BCUT2D eigenvalue weighted by molar-refractivity contribution is 7.13. The summed E-state index contributed by atoms with van der Waals surface area (Å²) in [5, 5.41) is 5.54. The number of aromatic nitrogens is 1. The summed E-state index contributed by atoms with van der Waals surface area (Å²) in [7, 11) is 0. The predicted molar refractivity (Wildman–Crippen MR) is 82.7 cm³/mol. The fraction of sp³-hybridized carbons (Fsp3) is 0.357. The predicted octanol–water partition coefficient (Wildman–Crippen LogP) is 2.86. The number of hydrogen-bond acceptors (Lipinski definition) is 6. The molecular weight excluding hydrogens is 308 g/mol. The van der Waals surface area contributed by atoms with E-state index < -0.39 is 5.97 Å². The average Bonchev–Trinajstić information content (AvgIpc) is 3.05. The van der Waals surface area contributed by atoms with Crippen LogP contribution in [0.5, 0.6) is 0 Å². The van der Waals surface area contributed by atoms with E-state index >= 15 is 0 Å². The summed E-state index contributed by atoms with van der Waals surface area (Å²) in [5.74, 6) is -0.819.